The van der Waals surface area contributed by atoms with Crippen molar-refractivity contribution in [3.8, 4) is 11.8 Å². The van der Waals surface area contributed by atoms with Crippen molar-refractivity contribution in [2.24, 2.45) is 22.6 Å². The molecule has 1 aromatic carbocycles. The first kappa shape index (κ1) is 36.5. The third-order valence-corrected chi connectivity index (χ3v) is 8.37. The number of anilines is 1. The summed E-state index contributed by atoms with van der Waals surface area (Å²) in [6.45, 7) is 8.73. The van der Waals surface area contributed by atoms with Gasteiger partial charge in [-0.05, 0) is 99.6 Å². The van der Waals surface area contributed by atoms with Crippen molar-refractivity contribution in [3.63, 3.8) is 0 Å². The van der Waals surface area contributed by atoms with E-state index in [1.54, 1.807) is 25.7 Å². The number of rotatable bonds is 9. The second-order valence-electron chi connectivity index (χ2n) is 11.5. The number of aliphatic hydroxyl groups excluding tert-OH is 1. The van der Waals surface area contributed by atoms with E-state index in [-0.39, 0.29) is 17.9 Å². The summed E-state index contributed by atoms with van der Waals surface area (Å²) in [6.07, 6.45) is 14.6. The molecule has 2 aromatic rings. The molecule has 2 fully saturated rings. The van der Waals surface area contributed by atoms with Crippen LogP contribution >= 0.6 is 0 Å². The predicted molar refractivity (Wildman–Crippen MR) is 181 cm³/mol. The van der Waals surface area contributed by atoms with Crippen LogP contribution in [0.5, 0.6) is 5.75 Å². The molecule has 1 amide bonds. The lowest BCUT2D eigenvalue weighted by atomic mass is 9.78. The van der Waals surface area contributed by atoms with Crippen LogP contribution in [0.1, 0.15) is 108 Å². The average Bonchev–Trinajstić information content (AvgIpc) is 3.09. The number of ether oxygens (including phenoxy) is 1. The Labute approximate surface area is 265 Å². The maximum absolute atomic E-state index is 13.9. The van der Waals surface area contributed by atoms with Crippen LogP contribution in [-0.4, -0.2) is 49.0 Å². The SMILES string of the molecule is CC.CO.COc1ccc(C2CCC(CN(C(=O)C3CCCCC3)c3cc(/C(C=NC(C)C)=C/N)ccn3)CC2)cc1C#N. The number of aliphatic imine (C=N–C) groups is 1. The molecular weight excluding hydrogens is 550 g/mol. The number of amides is 1. The molecule has 8 nitrogen and oxygen atoms in total. The molecule has 0 radical (unpaired) electrons. The van der Waals surface area contributed by atoms with E-state index in [1.807, 2.05) is 56.9 Å². The van der Waals surface area contributed by atoms with Gasteiger partial charge >= 0.3 is 0 Å². The maximum atomic E-state index is 13.9. The zero-order valence-corrected chi connectivity index (χ0v) is 27.6. The Morgan fingerprint density at radius 1 is 1.11 bits per heavy atom. The van der Waals surface area contributed by atoms with Gasteiger partial charge in [0.2, 0.25) is 5.91 Å². The lowest BCUT2D eigenvalue weighted by Crippen LogP contribution is -2.41. The number of aliphatic hydroxyl groups is 1. The van der Waals surface area contributed by atoms with Gasteiger partial charge < -0.3 is 15.6 Å². The van der Waals surface area contributed by atoms with Gasteiger partial charge in [-0.1, -0.05) is 39.2 Å². The number of carbonyl (C=O) groups is 1. The minimum absolute atomic E-state index is 0.0614. The minimum atomic E-state index is 0.0614. The van der Waals surface area contributed by atoms with E-state index in [2.05, 4.69) is 22.1 Å². The number of carbonyl (C=O) groups excluding carboxylic acids is 1. The molecule has 3 N–H and O–H groups in total. The number of aromatic nitrogens is 1. The van der Waals surface area contributed by atoms with Gasteiger partial charge in [0.1, 0.15) is 17.6 Å². The molecule has 0 bridgehead atoms. The quantitative estimate of drug-likeness (QED) is 0.291. The Hall–Kier alpha value is -3.70. The number of benzene rings is 1. The van der Waals surface area contributed by atoms with Crippen LogP contribution in [0.4, 0.5) is 5.82 Å². The standard InChI is InChI=1S/C33H43N5O2.C2H6.CH4O/c1-23(2)37-21-30(20-35)28-15-16-36-32(18-28)38(33(39)26-7-5-4-6-8-26)22-24-9-11-25(12-10-24)27-13-14-31(40-3)29(17-27)19-34;2*1-2/h13-18,20-21,23-26H,4-12,22,35H2,1-3H3;1-2H3;2H,1H3/b30-20+,37-21?;;. The third kappa shape index (κ3) is 10.2. The van der Waals surface area contributed by atoms with Crippen molar-refractivity contribution in [2.45, 2.75) is 97.4 Å². The maximum Gasteiger partial charge on any atom is 0.231 e. The fourth-order valence-corrected chi connectivity index (χ4v) is 6.06. The summed E-state index contributed by atoms with van der Waals surface area (Å²) in [4.78, 5) is 25.1. The summed E-state index contributed by atoms with van der Waals surface area (Å²) in [7, 11) is 2.60. The molecule has 0 saturated heterocycles. The predicted octanol–water partition coefficient (Wildman–Crippen LogP) is 7.26. The number of pyridine rings is 1. The van der Waals surface area contributed by atoms with Crippen molar-refractivity contribution < 1.29 is 14.6 Å². The molecule has 0 aliphatic heterocycles. The highest BCUT2D eigenvalue weighted by Crippen LogP contribution is 2.38. The zero-order valence-electron chi connectivity index (χ0n) is 27.6. The molecule has 8 heteroatoms. The highest BCUT2D eigenvalue weighted by molar-refractivity contribution is 6.10. The van der Waals surface area contributed by atoms with Crippen molar-refractivity contribution in [1.29, 1.82) is 5.26 Å². The van der Waals surface area contributed by atoms with Gasteiger partial charge in [0, 0.05) is 49.8 Å². The molecule has 1 heterocycles. The second kappa shape index (κ2) is 19.6. The van der Waals surface area contributed by atoms with Crippen LogP contribution in [0.3, 0.4) is 0 Å². The molecule has 44 heavy (non-hydrogen) atoms. The van der Waals surface area contributed by atoms with Crippen molar-refractivity contribution in [3.05, 3.63) is 59.4 Å². The first-order valence-electron chi connectivity index (χ1n) is 16.2. The summed E-state index contributed by atoms with van der Waals surface area (Å²) in [5, 5.41) is 16.5. The number of methoxy groups -OCH3 is 1. The Morgan fingerprint density at radius 2 is 1.80 bits per heavy atom. The molecule has 0 atom stereocenters. The smallest absolute Gasteiger partial charge is 0.231 e. The fraction of sp³-hybridized carbons (Fsp3) is 0.556. The van der Waals surface area contributed by atoms with Crippen LogP contribution in [0.15, 0.2) is 47.7 Å². The van der Waals surface area contributed by atoms with E-state index < -0.39 is 0 Å². The van der Waals surface area contributed by atoms with E-state index in [9.17, 15) is 10.1 Å². The topological polar surface area (TPSA) is 125 Å². The van der Waals surface area contributed by atoms with E-state index in [4.69, 9.17) is 15.6 Å². The molecular formula is C36H53N5O3. The van der Waals surface area contributed by atoms with Crippen LogP contribution < -0.4 is 15.4 Å². The first-order valence-corrected chi connectivity index (χ1v) is 16.2. The van der Waals surface area contributed by atoms with E-state index in [1.165, 1.54) is 12.0 Å². The average molecular weight is 604 g/mol. The normalized spacial score (nSPS) is 18.8. The number of hydrogen-bond acceptors (Lipinski definition) is 7. The van der Waals surface area contributed by atoms with Gasteiger partial charge in [0.05, 0.1) is 12.7 Å². The van der Waals surface area contributed by atoms with Crippen LogP contribution in [-0.2, 0) is 4.79 Å². The first-order chi connectivity index (χ1) is 21.4. The zero-order chi connectivity index (χ0) is 32.5. The summed E-state index contributed by atoms with van der Waals surface area (Å²) in [6, 6.07) is 12.3. The summed E-state index contributed by atoms with van der Waals surface area (Å²) in [5.41, 5.74) is 9.47. The van der Waals surface area contributed by atoms with Crippen LogP contribution in [0.25, 0.3) is 5.57 Å². The van der Waals surface area contributed by atoms with Gasteiger partial charge in [0.15, 0.2) is 0 Å². The Bertz CT molecular complexity index is 1250. The number of nitriles is 1. The number of nitrogens with two attached hydrogens (primary N) is 1. The molecule has 2 saturated carbocycles. The summed E-state index contributed by atoms with van der Waals surface area (Å²) >= 11 is 0. The Morgan fingerprint density at radius 3 is 2.39 bits per heavy atom. The summed E-state index contributed by atoms with van der Waals surface area (Å²) < 4.78 is 5.32. The Balaban J connectivity index is 0.00000162. The monoisotopic (exact) mass is 603 g/mol. The summed E-state index contributed by atoms with van der Waals surface area (Å²) in [5.74, 6) is 2.39. The lowest BCUT2D eigenvalue weighted by molar-refractivity contribution is -0.123. The molecule has 0 spiro atoms. The van der Waals surface area contributed by atoms with Crippen molar-refractivity contribution in [2.75, 3.05) is 25.7 Å². The van der Waals surface area contributed by atoms with Gasteiger partial charge in [-0.15, -0.1) is 0 Å². The fourth-order valence-electron chi connectivity index (χ4n) is 6.06. The van der Waals surface area contributed by atoms with Crippen LogP contribution in [0.2, 0.25) is 0 Å². The number of allylic oxidation sites excluding steroid dienone is 1. The Kier molecular flexibility index (Phi) is 16.2. The van der Waals surface area contributed by atoms with Crippen molar-refractivity contribution in [1.82, 2.24) is 4.98 Å². The molecule has 4 rings (SSSR count). The van der Waals surface area contributed by atoms with Gasteiger partial charge in [-0.2, -0.15) is 5.26 Å². The number of hydrogen-bond donors (Lipinski definition) is 2. The molecule has 2 aliphatic carbocycles. The van der Waals surface area contributed by atoms with E-state index >= 15 is 0 Å². The molecule has 240 valence electrons. The van der Waals surface area contributed by atoms with Gasteiger partial charge in [-0.3, -0.25) is 14.7 Å². The van der Waals surface area contributed by atoms with Gasteiger partial charge in [-0.25, -0.2) is 4.98 Å². The minimum Gasteiger partial charge on any atom is -0.495 e. The highest BCUT2D eigenvalue weighted by Gasteiger charge is 2.31. The highest BCUT2D eigenvalue weighted by atomic mass is 16.5. The van der Waals surface area contributed by atoms with E-state index in [0.717, 1.165) is 69.6 Å². The molecule has 1 aromatic heterocycles. The van der Waals surface area contributed by atoms with Gasteiger partial charge in [0.25, 0.3) is 0 Å². The third-order valence-electron chi connectivity index (χ3n) is 8.37. The second-order valence-corrected chi connectivity index (χ2v) is 11.5. The molecule has 0 unspecified atom stereocenters. The van der Waals surface area contributed by atoms with E-state index in [0.29, 0.717) is 35.5 Å². The lowest BCUT2D eigenvalue weighted by Gasteiger charge is -2.35. The largest absolute Gasteiger partial charge is 0.495 e. The molecule has 2 aliphatic rings. The van der Waals surface area contributed by atoms with Crippen LogP contribution in [0, 0.1) is 23.2 Å². The number of nitrogens with zero attached hydrogens (tertiary/aromatic N) is 4. The van der Waals surface area contributed by atoms with Crippen molar-refractivity contribution >= 4 is 23.5 Å².